The Balaban J connectivity index is 0.000000825. The molecule has 5 heteroatoms. The van der Waals surface area contributed by atoms with E-state index < -0.39 is 8.80 Å². The van der Waals surface area contributed by atoms with Crippen molar-refractivity contribution in [3.8, 4) is 66.8 Å². The largest absolute Gasteiger partial charge is 4.00 e. The van der Waals surface area contributed by atoms with Gasteiger partial charge in [0.1, 0.15) is 0 Å². The maximum Gasteiger partial charge on any atom is 4.00 e. The molecule has 10 rings (SSSR count). The number of benzene rings is 9. The van der Waals surface area contributed by atoms with Gasteiger partial charge in [-0.2, -0.15) is 11.1 Å². The van der Waals surface area contributed by atoms with Crippen LogP contribution in [-0.2, 0) is 21.7 Å². The predicted octanol–water partition coefficient (Wildman–Crippen LogP) is 9.64. The van der Waals surface area contributed by atoms with Gasteiger partial charge in [-0.05, 0) is 250 Å². The molecule has 0 spiro atoms. The molecule has 405 valence electrons. The second-order valence-corrected chi connectivity index (χ2v) is 24.7. The Morgan fingerprint density at radius 1 is 0.287 bits per heavy atom. The topological polar surface area (TPSA) is 0 Å². The van der Waals surface area contributed by atoms with Crippen LogP contribution in [0.4, 0.5) is 0 Å². The van der Waals surface area contributed by atoms with E-state index in [2.05, 4.69) is 281 Å². The van der Waals surface area contributed by atoms with Gasteiger partial charge in [-0.25, -0.2) is 5.57 Å². The standard InChI is InChI=1S/C66H63Si.C9H13.3ClH.Ti/c1-40-19-13-20-41(2)61(40)52-31-53(62-42(3)21-14-22-43(62)4)35-58(34-52)67(59-36-54(63-44(5)23-15-24-45(63)6)32-55(37-59)64-46(7)25-16-26-47(64)8)60-38-56(65-48(9)27-17-28-49(65)10)33-57(39-60)66-50(11)29-18-30-51(66)12;1-6-5-7(2)9(4)8(6)3;;;;/h13-39H,1-12H3;6H,1-4H3;3*1H;/q;-1;;;;+4/p-3. The van der Waals surface area contributed by atoms with E-state index in [0.29, 0.717) is 5.92 Å². The van der Waals surface area contributed by atoms with Crippen LogP contribution >= 0.6 is 0 Å². The molecule has 0 fully saturated rings. The first-order chi connectivity index (χ1) is 36.3. The Bertz CT molecular complexity index is 3110. The van der Waals surface area contributed by atoms with Gasteiger partial charge in [0.2, 0.25) is 0 Å². The van der Waals surface area contributed by atoms with Crippen molar-refractivity contribution in [1.82, 2.24) is 0 Å². The molecule has 0 N–H and O–H groups in total. The first kappa shape index (κ1) is 65.1. The van der Waals surface area contributed by atoms with E-state index in [0.717, 1.165) is 0 Å². The molecular formula is C75H76Cl3SiTi. The molecule has 1 radical (unpaired) electrons. The summed E-state index contributed by atoms with van der Waals surface area (Å²) < 4.78 is 0. The molecular weight excluding hydrogens is 1080 g/mol. The molecule has 1 atom stereocenters. The summed E-state index contributed by atoms with van der Waals surface area (Å²) in [7, 11) is -1.80. The number of aryl methyl sites for hydroxylation is 12. The van der Waals surface area contributed by atoms with Crippen LogP contribution in [0.5, 0.6) is 0 Å². The number of hydrogen-bond acceptors (Lipinski definition) is 0. The molecule has 1 unspecified atom stereocenters. The number of hydrogen-bond donors (Lipinski definition) is 0. The summed E-state index contributed by atoms with van der Waals surface area (Å²) in [5, 5.41) is 4.13. The second-order valence-electron chi connectivity index (χ2n) is 22.2. The third-order valence-electron chi connectivity index (χ3n) is 16.5. The van der Waals surface area contributed by atoms with Crippen LogP contribution in [0.2, 0.25) is 0 Å². The Kier molecular flexibility index (Phi) is 22.2. The summed E-state index contributed by atoms with van der Waals surface area (Å²) in [6, 6.07) is 63.3. The molecule has 9 aromatic carbocycles. The smallest absolute Gasteiger partial charge is 1.00 e. The van der Waals surface area contributed by atoms with Crippen LogP contribution < -0.4 is 52.8 Å². The Hall–Kier alpha value is -5.74. The molecule has 9 aromatic rings. The molecule has 0 amide bonds. The summed E-state index contributed by atoms with van der Waals surface area (Å²) in [5.74, 6) is 0.560. The van der Waals surface area contributed by atoms with E-state index in [1.165, 1.54) is 166 Å². The van der Waals surface area contributed by atoms with E-state index in [1.54, 1.807) is 0 Å². The van der Waals surface area contributed by atoms with Gasteiger partial charge >= 0.3 is 21.7 Å². The Labute approximate surface area is 516 Å². The molecule has 0 aromatic heterocycles. The normalized spacial score (nSPS) is 12.6. The summed E-state index contributed by atoms with van der Waals surface area (Å²) in [4.78, 5) is 0. The summed E-state index contributed by atoms with van der Waals surface area (Å²) in [5.41, 5.74) is 35.3. The van der Waals surface area contributed by atoms with Crippen molar-refractivity contribution in [2.24, 2.45) is 5.92 Å². The fourth-order valence-electron chi connectivity index (χ4n) is 12.5. The van der Waals surface area contributed by atoms with Crippen molar-refractivity contribution < 1.29 is 58.9 Å². The van der Waals surface area contributed by atoms with E-state index in [1.807, 2.05) is 0 Å². The van der Waals surface area contributed by atoms with Crippen molar-refractivity contribution in [3.63, 3.8) is 0 Å². The van der Waals surface area contributed by atoms with E-state index in [4.69, 9.17) is 0 Å². The maximum absolute atomic E-state index is 3.36. The van der Waals surface area contributed by atoms with Gasteiger partial charge in [-0.3, -0.25) is 6.08 Å². The Morgan fingerprint density at radius 2 is 0.463 bits per heavy atom. The zero-order valence-electron chi connectivity index (χ0n) is 49.8. The van der Waals surface area contributed by atoms with Crippen LogP contribution in [-0.4, -0.2) is 8.80 Å². The number of halogens is 3. The fourth-order valence-corrected chi connectivity index (χ4v) is 15.3. The summed E-state index contributed by atoms with van der Waals surface area (Å²) >= 11 is 0. The quantitative estimate of drug-likeness (QED) is 0.0769. The number of allylic oxidation sites excluding steroid dienone is 4. The molecule has 0 saturated heterocycles. The summed E-state index contributed by atoms with van der Waals surface area (Å²) in [6.07, 6.45) is 3.36. The van der Waals surface area contributed by atoms with E-state index in [9.17, 15) is 0 Å². The number of rotatable bonds is 9. The second kappa shape index (κ2) is 27.4. The zero-order chi connectivity index (χ0) is 54.3. The fraction of sp³-hybridized carbons (Fsp3) is 0.227. The third kappa shape index (κ3) is 13.3. The van der Waals surface area contributed by atoms with Gasteiger partial charge in [-0.15, -0.1) is 6.92 Å². The van der Waals surface area contributed by atoms with Crippen LogP contribution in [0, 0.1) is 95.1 Å². The Morgan fingerprint density at radius 3 is 0.588 bits per heavy atom. The molecule has 0 bridgehead atoms. The molecule has 0 nitrogen and oxygen atoms in total. The van der Waals surface area contributed by atoms with Gasteiger partial charge < -0.3 is 37.2 Å². The van der Waals surface area contributed by atoms with Gasteiger partial charge in [-0.1, -0.05) is 172 Å². The van der Waals surface area contributed by atoms with Crippen molar-refractivity contribution in [3.05, 3.63) is 253 Å². The molecule has 1 aliphatic carbocycles. The maximum atomic E-state index is 3.36. The van der Waals surface area contributed by atoms with Crippen molar-refractivity contribution in [2.45, 2.75) is 111 Å². The zero-order valence-corrected chi connectivity index (χ0v) is 54.6. The van der Waals surface area contributed by atoms with Crippen LogP contribution in [0.15, 0.2) is 181 Å². The first-order valence-corrected chi connectivity index (χ1v) is 28.8. The molecule has 0 saturated carbocycles. The SMILES string of the molecule is CC1=[C-]C(C)C(C)=C1C.Cc1cccc(C)c1-c1cc(-c2c(C)cccc2C)cc([Si](c2cc(-c3c(C)cccc3C)cc(-c3c(C)cccc3C)c2)c2cc(-c3c(C)cccc3C)cc(-c3c(C)cccc3C)c2)c1.[Cl-].[Cl-].[Cl-].[Ti+4]. The van der Waals surface area contributed by atoms with Crippen molar-refractivity contribution in [1.29, 1.82) is 0 Å². The van der Waals surface area contributed by atoms with Gasteiger partial charge in [0.15, 0.2) is 8.80 Å². The van der Waals surface area contributed by atoms with Crippen LogP contribution in [0.25, 0.3) is 66.8 Å². The van der Waals surface area contributed by atoms with Crippen LogP contribution in [0.1, 0.15) is 94.5 Å². The van der Waals surface area contributed by atoms with E-state index >= 15 is 0 Å². The van der Waals surface area contributed by atoms with Gasteiger partial charge in [0.25, 0.3) is 0 Å². The minimum Gasteiger partial charge on any atom is -1.00 e. The first-order valence-electron chi connectivity index (χ1n) is 27.3. The van der Waals surface area contributed by atoms with Crippen molar-refractivity contribution >= 4 is 24.4 Å². The van der Waals surface area contributed by atoms with Crippen LogP contribution in [0.3, 0.4) is 0 Å². The summed E-state index contributed by atoms with van der Waals surface area (Å²) in [6.45, 7) is 35.9. The average molecular weight is 1160 g/mol. The minimum absolute atomic E-state index is 0. The third-order valence-corrected chi connectivity index (χ3v) is 19.1. The molecule has 1 aliphatic rings. The predicted molar refractivity (Wildman–Crippen MR) is 333 cm³/mol. The molecule has 0 heterocycles. The minimum atomic E-state index is -1.80. The van der Waals surface area contributed by atoms with Crippen molar-refractivity contribution in [2.75, 3.05) is 0 Å². The van der Waals surface area contributed by atoms with E-state index in [-0.39, 0.29) is 58.9 Å². The average Bonchev–Trinajstić information content (AvgIpc) is 3.58. The van der Waals surface area contributed by atoms with Gasteiger partial charge in [0, 0.05) is 0 Å². The molecule has 80 heavy (non-hydrogen) atoms. The van der Waals surface area contributed by atoms with Gasteiger partial charge in [0.05, 0.1) is 0 Å². The monoisotopic (exact) mass is 1160 g/mol. The molecule has 0 aliphatic heterocycles.